The van der Waals surface area contributed by atoms with Crippen molar-refractivity contribution in [1.82, 2.24) is 0 Å². The highest BCUT2D eigenvalue weighted by molar-refractivity contribution is 6.29. The Bertz CT molecular complexity index is 1000. The lowest BCUT2D eigenvalue weighted by Crippen LogP contribution is -2.48. The number of nitrogens with zero attached hydrogens (tertiary/aromatic N) is 2. The van der Waals surface area contributed by atoms with Gasteiger partial charge in [-0.25, -0.2) is 0 Å². The van der Waals surface area contributed by atoms with Crippen LogP contribution < -0.4 is 9.80 Å². The second-order valence-electron chi connectivity index (χ2n) is 7.04. The highest BCUT2D eigenvalue weighted by Crippen LogP contribution is 2.42. The fourth-order valence-corrected chi connectivity index (χ4v) is 4.13. The largest absolute Gasteiger partial charge is 0.459 e. The molecule has 0 radical (unpaired) electrons. The molecule has 0 saturated heterocycles. The third-order valence-corrected chi connectivity index (χ3v) is 5.47. The van der Waals surface area contributed by atoms with Gasteiger partial charge in [-0.2, -0.15) is 0 Å². The molecule has 148 valence electrons. The van der Waals surface area contributed by atoms with Gasteiger partial charge in [-0.1, -0.05) is 36.4 Å². The van der Waals surface area contributed by atoms with Gasteiger partial charge in [0.1, 0.15) is 5.88 Å². The van der Waals surface area contributed by atoms with E-state index in [9.17, 15) is 9.59 Å². The summed E-state index contributed by atoms with van der Waals surface area (Å²) in [5.74, 6) is -0.183. The summed E-state index contributed by atoms with van der Waals surface area (Å²) in [4.78, 5) is 29.4. The molecule has 1 aliphatic heterocycles. The van der Waals surface area contributed by atoms with E-state index in [4.69, 9.17) is 16.0 Å². The van der Waals surface area contributed by atoms with Crippen molar-refractivity contribution in [3.8, 4) is 0 Å². The molecule has 5 nitrogen and oxygen atoms in total. The summed E-state index contributed by atoms with van der Waals surface area (Å²) in [6, 6.07) is 20.2. The lowest BCUT2D eigenvalue weighted by molar-refractivity contribution is -0.116. The summed E-state index contributed by atoms with van der Waals surface area (Å²) in [5.41, 5.74) is 2.48. The topological polar surface area (TPSA) is 53.8 Å². The molecule has 29 heavy (non-hydrogen) atoms. The normalized spacial score (nSPS) is 18.2. The van der Waals surface area contributed by atoms with Crippen molar-refractivity contribution in [1.29, 1.82) is 0 Å². The highest BCUT2D eigenvalue weighted by Gasteiger charge is 2.39. The van der Waals surface area contributed by atoms with E-state index in [1.807, 2.05) is 61.5 Å². The summed E-state index contributed by atoms with van der Waals surface area (Å²) >= 11 is 5.96. The van der Waals surface area contributed by atoms with Gasteiger partial charge < -0.3 is 14.2 Å². The number of para-hydroxylation sites is 2. The molecule has 4 rings (SSSR count). The number of alkyl halides is 1. The minimum Gasteiger partial charge on any atom is -0.459 e. The maximum absolute atomic E-state index is 13.1. The van der Waals surface area contributed by atoms with Gasteiger partial charge in [-0.15, -0.1) is 11.6 Å². The molecule has 0 fully saturated rings. The Morgan fingerprint density at radius 1 is 1.07 bits per heavy atom. The molecular formula is C23H21ClN2O3. The van der Waals surface area contributed by atoms with Gasteiger partial charge in [-0.05, 0) is 49.2 Å². The maximum atomic E-state index is 13.1. The third-order valence-electron chi connectivity index (χ3n) is 5.24. The Labute approximate surface area is 174 Å². The highest BCUT2D eigenvalue weighted by atomic mass is 35.5. The first-order valence-electron chi connectivity index (χ1n) is 9.51. The number of carbonyl (C=O) groups excluding carboxylic acids is 2. The summed E-state index contributed by atoms with van der Waals surface area (Å²) in [6.07, 6.45) is 2.08. The number of hydrogen-bond donors (Lipinski definition) is 0. The second kappa shape index (κ2) is 8.13. The molecule has 0 bridgehead atoms. The van der Waals surface area contributed by atoms with E-state index < -0.39 is 0 Å². The van der Waals surface area contributed by atoms with Crippen LogP contribution in [0.4, 0.5) is 11.4 Å². The first-order valence-corrected chi connectivity index (χ1v) is 10.0. The van der Waals surface area contributed by atoms with E-state index in [0.717, 1.165) is 16.9 Å². The molecule has 0 unspecified atom stereocenters. The van der Waals surface area contributed by atoms with Gasteiger partial charge in [0.05, 0.1) is 12.3 Å². The summed E-state index contributed by atoms with van der Waals surface area (Å²) in [5, 5.41) is 0. The predicted octanol–water partition coefficient (Wildman–Crippen LogP) is 5.03. The molecule has 1 aromatic heterocycles. The van der Waals surface area contributed by atoms with Crippen LogP contribution in [-0.2, 0) is 4.79 Å². The van der Waals surface area contributed by atoms with Crippen molar-refractivity contribution < 1.29 is 14.0 Å². The zero-order valence-corrected chi connectivity index (χ0v) is 16.8. The fourth-order valence-electron chi connectivity index (χ4n) is 4.01. The minimum atomic E-state index is -0.226. The number of anilines is 2. The number of fused-ring (bicyclic) bond motifs is 1. The van der Waals surface area contributed by atoms with E-state index >= 15 is 0 Å². The van der Waals surface area contributed by atoms with E-state index in [1.165, 1.54) is 6.26 Å². The standard InChI is InChI=1S/C23H21ClN2O3/c1-16-14-20(26(22(27)15-24)17-8-3-2-4-9-17)18-10-5-6-11-19(18)25(16)23(28)21-12-7-13-29-21/h2-13,16,20H,14-15H2,1H3/t16-,20-/m0/s1. The van der Waals surface area contributed by atoms with Gasteiger partial charge in [-0.3, -0.25) is 9.59 Å². The number of halogens is 1. The van der Waals surface area contributed by atoms with Crippen LogP contribution in [-0.4, -0.2) is 23.7 Å². The number of hydrogen-bond acceptors (Lipinski definition) is 3. The van der Waals surface area contributed by atoms with Crippen molar-refractivity contribution >= 4 is 34.8 Å². The van der Waals surface area contributed by atoms with Gasteiger partial charge in [0, 0.05) is 17.4 Å². The molecule has 2 heterocycles. The predicted molar refractivity (Wildman–Crippen MR) is 113 cm³/mol. The average molecular weight is 409 g/mol. The number of carbonyl (C=O) groups is 2. The lowest BCUT2D eigenvalue weighted by atomic mass is 9.89. The van der Waals surface area contributed by atoms with Crippen LogP contribution in [0.15, 0.2) is 77.4 Å². The van der Waals surface area contributed by atoms with Crippen molar-refractivity contribution in [3.05, 3.63) is 84.3 Å². The van der Waals surface area contributed by atoms with Crippen molar-refractivity contribution in [2.45, 2.75) is 25.4 Å². The summed E-state index contributed by atoms with van der Waals surface area (Å²) in [6.45, 7) is 1.98. The molecule has 3 aromatic rings. The minimum absolute atomic E-state index is 0.114. The van der Waals surface area contributed by atoms with Gasteiger partial charge in [0.25, 0.3) is 5.91 Å². The van der Waals surface area contributed by atoms with E-state index in [2.05, 4.69) is 0 Å². The number of furan rings is 1. The Morgan fingerprint density at radius 3 is 2.48 bits per heavy atom. The molecule has 1 aliphatic rings. The Hall–Kier alpha value is -3.05. The van der Waals surface area contributed by atoms with Crippen LogP contribution >= 0.6 is 11.6 Å². The molecule has 0 aliphatic carbocycles. The molecule has 2 aromatic carbocycles. The monoisotopic (exact) mass is 408 g/mol. The molecule has 2 atom stereocenters. The second-order valence-corrected chi connectivity index (χ2v) is 7.31. The van der Waals surface area contributed by atoms with Crippen LogP contribution in [0.5, 0.6) is 0 Å². The third kappa shape index (κ3) is 3.54. The van der Waals surface area contributed by atoms with Crippen LogP contribution in [0.2, 0.25) is 0 Å². The Kier molecular flexibility index (Phi) is 5.41. The average Bonchev–Trinajstić information content (AvgIpc) is 3.29. The fraction of sp³-hybridized carbons (Fsp3) is 0.217. The summed E-state index contributed by atoms with van der Waals surface area (Å²) < 4.78 is 5.34. The lowest BCUT2D eigenvalue weighted by Gasteiger charge is -2.43. The summed E-state index contributed by atoms with van der Waals surface area (Å²) in [7, 11) is 0. The first kappa shape index (κ1) is 19.3. The Balaban J connectivity index is 1.80. The molecule has 6 heteroatoms. The van der Waals surface area contributed by atoms with E-state index in [0.29, 0.717) is 12.2 Å². The van der Waals surface area contributed by atoms with E-state index in [-0.39, 0.29) is 29.8 Å². The van der Waals surface area contributed by atoms with Crippen LogP contribution in [0.1, 0.15) is 35.5 Å². The zero-order chi connectivity index (χ0) is 20.4. The van der Waals surface area contributed by atoms with E-state index in [1.54, 1.807) is 21.9 Å². The van der Waals surface area contributed by atoms with Gasteiger partial charge >= 0.3 is 0 Å². The molecule has 0 N–H and O–H groups in total. The number of benzene rings is 2. The van der Waals surface area contributed by atoms with Gasteiger partial charge in [0.2, 0.25) is 5.91 Å². The Morgan fingerprint density at radius 2 is 1.79 bits per heavy atom. The SMILES string of the molecule is C[C@H]1C[C@H](N(C(=O)CCl)c2ccccc2)c2ccccc2N1C(=O)c1ccco1. The van der Waals surface area contributed by atoms with Crippen molar-refractivity contribution in [2.75, 3.05) is 15.7 Å². The van der Waals surface area contributed by atoms with Crippen molar-refractivity contribution in [2.24, 2.45) is 0 Å². The zero-order valence-electron chi connectivity index (χ0n) is 16.0. The van der Waals surface area contributed by atoms with Crippen LogP contribution in [0, 0.1) is 0 Å². The van der Waals surface area contributed by atoms with Crippen LogP contribution in [0.3, 0.4) is 0 Å². The quantitative estimate of drug-likeness (QED) is 0.569. The molecule has 0 spiro atoms. The first-order chi connectivity index (χ1) is 14.1. The van der Waals surface area contributed by atoms with Gasteiger partial charge in [0.15, 0.2) is 5.76 Å². The maximum Gasteiger partial charge on any atom is 0.294 e. The molecule has 2 amide bonds. The van der Waals surface area contributed by atoms with Crippen LogP contribution in [0.25, 0.3) is 0 Å². The van der Waals surface area contributed by atoms with Crippen molar-refractivity contribution in [3.63, 3.8) is 0 Å². The smallest absolute Gasteiger partial charge is 0.294 e. The number of rotatable bonds is 4. The molecule has 0 saturated carbocycles. The number of amides is 2. The molecular weight excluding hydrogens is 388 g/mol.